The monoisotopic (exact) mass is 909 g/mol. The molecular formula is C59H104O6. The molecule has 6 heteroatoms. The second-order valence-corrected chi connectivity index (χ2v) is 18.5. The molecule has 0 aromatic rings. The van der Waals surface area contributed by atoms with Gasteiger partial charge in [-0.2, -0.15) is 0 Å². The van der Waals surface area contributed by atoms with Crippen molar-refractivity contribution in [3.8, 4) is 0 Å². The van der Waals surface area contributed by atoms with Crippen LogP contribution in [-0.2, 0) is 28.6 Å². The molecule has 0 N–H and O–H groups in total. The Kier molecular flexibility index (Phi) is 51.3. The standard InChI is InChI=1S/C59H104O6/c1-4-7-10-13-16-19-22-24-26-28-29-30-31-32-34-35-37-40-43-46-49-52-58(61)64-55-56(54-63-57(60)51-48-45-42-39-21-18-15-12-9-6-3)65-59(62)53-50-47-44-41-38-36-33-27-25-23-20-17-14-11-8-5-2/h20,22-24,27-29,31-33,56H,4-19,21,25-26,30,34-55H2,1-3H3/b23-20-,24-22-,29-28-,32-31-,33-27-. The summed E-state index contributed by atoms with van der Waals surface area (Å²) in [6.07, 6.45) is 66.3. The van der Waals surface area contributed by atoms with E-state index in [1.807, 2.05) is 0 Å². The van der Waals surface area contributed by atoms with Gasteiger partial charge in [0.2, 0.25) is 0 Å². The van der Waals surface area contributed by atoms with Crippen molar-refractivity contribution >= 4 is 17.9 Å². The molecule has 376 valence electrons. The van der Waals surface area contributed by atoms with E-state index < -0.39 is 6.10 Å². The summed E-state index contributed by atoms with van der Waals surface area (Å²) in [5.74, 6) is -0.904. The Labute approximate surface area is 402 Å². The summed E-state index contributed by atoms with van der Waals surface area (Å²) in [5.41, 5.74) is 0. The van der Waals surface area contributed by atoms with Gasteiger partial charge >= 0.3 is 17.9 Å². The highest BCUT2D eigenvalue weighted by atomic mass is 16.6. The van der Waals surface area contributed by atoms with Gasteiger partial charge in [0, 0.05) is 19.3 Å². The molecule has 0 radical (unpaired) electrons. The van der Waals surface area contributed by atoms with Gasteiger partial charge in [-0.25, -0.2) is 0 Å². The molecule has 0 amide bonds. The lowest BCUT2D eigenvalue weighted by atomic mass is 10.1. The van der Waals surface area contributed by atoms with E-state index in [-0.39, 0.29) is 31.1 Å². The third kappa shape index (κ3) is 51.9. The first kappa shape index (κ1) is 62.1. The van der Waals surface area contributed by atoms with Crippen molar-refractivity contribution in [3.05, 3.63) is 60.8 Å². The van der Waals surface area contributed by atoms with Crippen molar-refractivity contribution in [1.82, 2.24) is 0 Å². The molecule has 0 rings (SSSR count). The Balaban J connectivity index is 4.35. The molecule has 6 nitrogen and oxygen atoms in total. The second kappa shape index (κ2) is 53.7. The quantitative estimate of drug-likeness (QED) is 0.0262. The number of ether oxygens (including phenoxy) is 3. The fourth-order valence-electron chi connectivity index (χ4n) is 7.77. The fourth-order valence-corrected chi connectivity index (χ4v) is 7.77. The summed E-state index contributed by atoms with van der Waals surface area (Å²) in [7, 11) is 0. The average molecular weight is 909 g/mol. The minimum atomic E-state index is -0.784. The van der Waals surface area contributed by atoms with E-state index in [2.05, 4.69) is 81.5 Å². The van der Waals surface area contributed by atoms with E-state index in [1.54, 1.807) is 0 Å². The maximum atomic E-state index is 12.8. The molecule has 0 saturated carbocycles. The van der Waals surface area contributed by atoms with Crippen LogP contribution in [0, 0.1) is 0 Å². The summed E-state index contributed by atoms with van der Waals surface area (Å²) < 4.78 is 16.8. The number of rotatable bonds is 50. The number of carbonyl (C=O) groups is 3. The van der Waals surface area contributed by atoms with Crippen molar-refractivity contribution in [1.29, 1.82) is 0 Å². The van der Waals surface area contributed by atoms with Crippen LogP contribution in [0.2, 0.25) is 0 Å². The number of hydrogen-bond donors (Lipinski definition) is 0. The van der Waals surface area contributed by atoms with Crippen LogP contribution in [0.3, 0.4) is 0 Å². The van der Waals surface area contributed by atoms with Crippen molar-refractivity contribution in [2.75, 3.05) is 13.2 Å². The van der Waals surface area contributed by atoms with E-state index in [0.717, 1.165) is 103 Å². The highest BCUT2D eigenvalue weighted by Gasteiger charge is 2.19. The van der Waals surface area contributed by atoms with Crippen LogP contribution in [0.4, 0.5) is 0 Å². The zero-order valence-corrected chi connectivity index (χ0v) is 43.0. The maximum absolute atomic E-state index is 12.8. The molecule has 65 heavy (non-hydrogen) atoms. The fraction of sp³-hybridized carbons (Fsp3) is 0.780. The lowest BCUT2D eigenvalue weighted by Gasteiger charge is -2.18. The molecule has 0 bridgehead atoms. The van der Waals surface area contributed by atoms with E-state index in [0.29, 0.717) is 19.3 Å². The molecule has 0 aromatic carbocycles. The summed E-state index contributed by atoms with van der Waals surface area (Å²) in [4.78, 5) is 38.0. The maximum Gasteiger partial charge on any atom is 0.306 e. The van der Waals surface area contributed by atoms with E-state index in [1.165, 1.54) is 135 Å². The Hall–Kier alpha value is -2.89. The molecular weight excluding hydrogens is 805 g/mol. The molecule has 0 fully saturated rings. The van der Waals surface area contributed by atoms with Gasteiger partial charge in [-0.15, -0.1) is 0 Å². The Morgan fingerprint density at radius 2 is 0.554 bits per heavy atom. The van der Waals surface area contributed by atoms with Gasteiger partial charge in [0.1, 0.15) is 13.2 Å². The molecule has 0 aliphatic heterocycles. The third-order valence-electron chi connectivity index (χ3n) is 12.0. The van der Waals surface area contributed by atoms with Crippen molar-refractivity contribution < 1.29 is 28.6 Å². The Morgan fingerprint density at radius 1 is 0.308 bits per heavy atom. The Bertz CT molecular complexity index is 1180. The van der Waals surface area contributed by atoms with Crippen molar-refractivity contribution in [3.63, 3.8) is 0 Å². The van der Waals surface area contributed by atoms with Crippen molar-refractivity contribution in [2.24, 2.45) is 0 Å². The largest absolute Gasteiger partial charge is 0.462 e. The van der Waals surface area contributed by atoms with Crippen molar-refractivity contribution in [2.45, 2.75) is 284 Å². The van der Waals surface area contributed by atoms with Crippen LogP contribution in [-0.4, -0.2) is 37.2 Å². The van der Waals surface area contributed by atoms with Crippen LogP contribution >= 0.6 is 0 Å². The van der Waals surface area contributed by atoms with Gasteiger partial charge in [0.05, 0.1) is 0 Å². The molecule has 1 unspecified atom stereocenters. The number of carbonyl (C=O) groups excluding carboxylic acids is 3. The van der Waals surface area contributed by atoms with Gasteiger partial charge in [0.25, 0.3) is 0 Å². The van der Waals surface area contributed by atoms with Crippen LogP contribution in [0.15, 0.2) is 60.8 Å². The van der Waals surface area contributed by atoms with Crippen LogP contribution in [0.5, 0.6) is 0 Å². The molecule has 0 aromatic heterocycles. The van der Waals surface area contributed by atoms with Gasteiger partial charge in [0.15, 0.2) is 6.10 Å². The van der Waals surface area contributed by atoms with Crippen LogP contribution in [0.25, 0.3) is 0 Å². The topological polar surface area (TPSA) is 78.9 Å². The molecule has 0 aliphatic carbocycles. The molecule has 1 atom stereocenters. The Morgan fingerprint density at radius 3 is 0.877 bits per heavy atom. The van der Waals surface area contributed by atoms with Gasteiger partial charge < -0.3 is 14.2 Å². The molecule has 0 aliphatic rings. The molecule has 0 saturated heterocycles. The number of allylic oxidation sites excluding steroid dienone is 10. The summed E-state index contributed by atoms with van der Waals surface area (Å²) in [6, 6.07) is 0. The van der Waals surface area contributed by atoms with Gasteiger partial charge in [-0.05, 0) is 89.9 Å². The minimum absolute atomic E-state index is 0.0826. The third-order valence-corrected chi connectivity index (χ3v) is 12.0. The molecule has 0 spiro atoms. The summed E-state index contributed by atoms with van der Waals surface area (Å²) in [6.45, 7) is 6.59. The summed E-state index contributed by atoms with van der Waals surface area (Å²) >= 11 is 0. The highest BCUT2D eigenvalue weighted by molar-refractivity contribution is 5.71. The zero-order chi connectivity index (χ0) is 47.2. The number of esters is 3. The number of hydrogen-bond acceptors (Lipinski definition) is 6. The predicted octanol–water partition coefficient (Wildman–Crippen LogP) is 18.4. The van der Waals surface area contributed by atoms with E-state index >= 15 is 0 Å². The van der Waals surface area contributed by atoms with E-state index in [9.17, 15) is 14.4 Å². The highest BCUT2D eigenvalue weighted by Crippen LogP contribution is 2.15. The zero-order valence-electron chi connectivity index (χ0n) is 43.0. The van der Waals surface area contributed by atoms with Gasteiger partial charge in [-0.1, -0.05) is 229 Å². The van der Waals surface area contributed by atoms with E-state index in [4.69, 9.17) is 14.2 Å². The normalized spacial score (nSPS) is 12.5. The predicted molar refractivity (Wildman–Crippen MR) is 279 cm³/mol. The first-order valence-electron chi connectivity index (χ1n) is 27.8. The number of unbranched alkanes of at least 4 members (excludes halogenated alkanes) is 29. The lowest BCUT2D eigenvalue weighted by molar-refractivity contribution is -0.167. The second-order valence-electron chi connectivity index (χ2n) is 18.5. The average Bonchev–Trinajstić information content (AvgIpc) is 3.30. The SMILES string of the molecule is CCCCCC/C=C\C/C=C\CCCCCCCC(=O)OC(COC(=O)CCCCCCCC/C=C\C/C=C\C/C=C\CCCCCCC)COC(=O)CCCCCCCCCCCC. The smallest absolute Gasteiger partial charge is 0.306 e. The first-order valence-corrected chi connectivity index (χ1v) is 27.8. The minimum Gasteiger partial charge on any atom is -0.462 e. The van der Waals surface area contributed by atoms with Crippen LogP contribution in [0.1, 0.15) is 278 Å². The van der Waals surface area contributed by atoms with Gasteiger partial charge in [-0.3, -0.25) is 14.4 Å². The first-order chi connectivity index (χ1) is 32.0. The van der Waals surface area contributed by atoms with Crippen LogP contribution < -0.4 is 0 Å². The lowest BCUT2D eigenvalue weighted by Crippen LogP contribution is -2.30. The molecule has 0 heterocycles. The summed E-state index contributed by atoms with van der Waals surface area (Å²) in [5, 5.41) is 0.